The van der Waals surface area contributed by atoms with Crippen LogP contribution in [0.2, 0.25) is 0 Å². The average molecular weight is 388 g/mol. The molecule has 1 atom stereocenters. The SMILES string of the molecule is CCN1CCN(C(=O)NCC(c2csc3ccccc23)N(C)C)C(=O)C1=O. The van der Waals surface area contributed by atoms with Crippen LogP contribution in [0.1, 0.15) is 18.5 Å². The Kier molecular flexibility index (Phi) is 5.76. The van der Waals surface area contributed by atoms with E-state index in [9.17, 15) is 14.4 Å². The molecule has 1 aliphatic rings. The van der Waals surface area contributed by atoms with E-state index >= 15 is 0 Å². The monoisotopic (exact) mass is 388 g/mol. The fourth-order valence-electron chi connectivity index (χ4n) is 3.28. The number of rotatable bonds is 5. The summed E-state index contributed by atoms with van der Waals surface area (Å²) in [6.45, 7) is 3.22. The molecule has 1 unspecified atom stereocenters. The van der Waals surface area contributed by atoms with E-state index in [1.807, 2.05) is 38.1 Å². The fraction of sp³-hybridized carbons (Fsp3) is 0.421. The van der Waals surface area contributed by atoms with Gasteiger partial charge in [0.2, 0.25) is 0 Å². The number of nitrogens with one attached hydrogen (secondary N) is 1. The molecule has 4 amide bonds. The van der Waals surface area contributed by atoms with Crippen molar-refractivity contribution < 1.29 is 14.4 Å². The Morgan fingerprint density at radius 1 is 1.22 bits per heavy atom. The summed E-state index contributed by atoms with van der Waals surface area (Å²) >= 11 is 1.67. The maximum absolute atomic E-state index is 12.5. The average Bonchev–Trinajstić information content (AvgIpc) is 3.07. The number of hydrogen-bond acceptors (Lipinski definition) is 5. The van der Waals surface area contributed by atoms with Crippen molar-refractivity contribution in [2.24, 2.45) is 0 Å². The number of carbonyl (C=O) groups is 3. The molecule has 144 valence electrons. The molecule has 1 aromatic carbocycles. The van der Waals surface area contributed by atoms with Crippen LogP contribution < -0.4 is 5.32 Å². The molecule has 1 fully saturated rings. The molecule has 1 N–H and O–H groups in total. The van der Waals surface area contributed by atoms with E-state index in [-0.39, 0.29) is 12.6 Å². The second-order valence-electron chi connectivity index (χ2n) is 6.69. The van der Waals surface area contributed by atoms with Gasteiger partial charge in [0, 0.05) is 30.9 Å². The number of carbonyl (C=O) groups excluding carboxylic acids is 3. The van der Waals surface area contributed by atoms with E-state index in [0.29, 0.717) is 19.6 Å². The van der Waals surface area contributed by atoms with E-state index in [1.165, 1.54) is 15.0 Å². The van der Waals surface area contributed by atoms with Crippen LogP contribution in [0.3, 0.4) is 0 Å². The Morgan fingerprint density at radius 2 is 1.96 bits per heavy atom. The summed E-state index contributed by atoms with van der Waals surface area (Å²) in [4.78, 5) is 41.2. The number of piperazine rings is 1. The third-order valence-corrected chi connectivity index (χ3v) is 5.86. The summed E-state index contributed by atoms with van der Waals surface area (Å²) in [5.74, 6) is -1.38. The summed E-state index contributed by atoms with van der Waals surface area (Å²) in [5.41, 5.74) is 1.14. The highest BCUT2D eigenvalue weighted by atomic mass is 32.1. The molecule has 2 heterocycles. The van der Waals surface area contributed by atoms with E-state index in [1.54, 1.807) is 11.3 Å². The van der Waals surface area contributed by atoms with Gasteiger partial charge < -0.3 is 15.1 Å². The number of nitrogens with zero attached hydrogens (tertiary/aromatic N) is 3. The number of imide groups is 1. The van der Waals surface area contributed by atoms with E-state index in [4.69, 9.17) is 0 Å². The highest BCUT2D eigenvalue weighted by molar-refractivity contribution is 7.17. The molecule has 0 spiro atoms. The minimum absolute atomic E-state index is 0.0344. The second kappa shape index (κ2) is 8.06. The van der Waals surface area contributed by atoms with Crippen molar-refractivity contribution in [2.45, 2.75) is 13.0 Å². The van der Waals surface area contributed by atoms with Gasteiger partial charge in [0.1, 0.15) is 0 Å². The van der Waals surface area contributed by atoms with Gasteiger partial charge in [0.15, 0.2) is 0 Å². The van der Waals surface area contributed by atoms with Crippen LogP contribution in [-0.4, -0.2) is 72.8 Å². The van der Waals surface area contributed by atoms with Crippen LogP contribution in [0.25, 0.3) is 10.1 Å². The van der Waals surface area contributed by atoms with Crippen molar-refractivity contribution in [2.75, 3.05) is 40.3 Å². The molecule has 0 bridgehead atoms. The Balaban J connectivity index is 1.71. The fourth-order valence-corrected chi connectivity index (χ4v) is 4.28. The summed E-state index contributed by atoms with van der Waals surface area (Å²) in [7, 11) is 3.91. The summed E-state index contributed by atoms with van der Waals surface area (Å²) in [5, 5.41) is 6.10. The number of hydrogen-bond donors (Lipinski definition) is 1. The van der Waals surface area contributed by atoms with Crippen molar-refractivity contribution in [3.8, 4) is 0 Å². The second-order valence-corrected chi connectivity index (χ2v) is 7.61. The van der Waals surface area contributed by atoms with E-state index < -0.39 is 17.8 Å². The molecule has 1 aliphatic heterocycles. The molecule has 7 nitrogen and oxygen atoms in total. The minimum Gasteiger partial charge on any atom is -0.336 e. The van der Waals surface area contributed by atoms with Crippen LogP contribution in [0, 0.1) is 0 Å². The number of likely N-dealkylation sites (N-methyl/N-ethyl adjacent to an activating group) is 2. The third kappa shape index (κ3) is 3.81. The Hall–Kier alpha value is -2.45. The molecule has 0 aliphatic carbocycles. The van der Waals surface area contributed by atoms with Crippen molar-refractivity contribution in [1.82, 2.24) is 20.0 Å². The van der Waals surface area contributed by atoms with Crippen LogP contribution >= 0.6 is 11.3 Å². The normalized spacial score (nSPS) is 16.3. The van der Waals surface area contributed by atoms with Crippen LogP contribution in [0.15, 0.2) is 29.6 Å². The predicted octanol–water partition coefficient (Wildman–Crippen LogP) is 1.90. The van der Waals surface area contributed by atoms with Crippen molar-refractivity contribution in [3.05, 3.63) is 35.2 Å². The highest BCUT2D eigenvalue weighted by Crippen LogP contribution is 2.32. The first-order chi connectivity index (χ1) is 12.9. The Bertz CT molecular complexity index is 864. The molecule has 27 heavy (non-hydrogen) atoms. The van der Waals surface area contributed by atoms with E-state index in [2.05, 4.69) is 22.8 Å². The molecule has 1 aromatic heterocycles. The van der Waals surface area contributed by atoms with Gasteiger partial charge >= 0.3 is 17.8 Å². The molecule has 8 heteroatoms. The number of fused-ring (bicyclic) bond motifs is 1. The first-order valence-corrected chi connectivity index (χ1v) is 9.83. The summed E-state index contributed by atoms with van der Waals surface area (Å²) in [6.07, 6.45) is 0. The van der Waals surface area contributed by atoms with Crippen LogP contribution in [0.5, 0.6) is 0 Å². The van der Waals surface area contributed by atoms with Crippen molar-refractivity contribution in [3.63, 3.8) is 0 Å². The first kappa shape index (κ1) is 19.3. The van der Waals surface area contributed by atoms with Gasteiger partial charge in [-0.15, -0.1) is 11.3 Å². The number of urea groups is 1. The molecule has 0 radical (unpaired) electrons. The maximum atomic E-state index is 12.5. The van der Waals surface area contributed by atoms with Gasteiger partial charge in [-0.25, -0.2) is 4.79 Å². The standard InChI is InChI=1S/C19H24N4O3S/c1-4-22-9-10-23(18(25)17(22)24)19(26)20-11-15(21(2)3)14-12-27-16-8-6-5-7-13(14)16/h5-8,12,15H,4,9-11H2,1-3H3,(H,20,26). The number of benzene rings is 1. The summed E-state index contributed by atoms with van der Waals surface area (Å²) < 4.78 is 1.20. The topological polar surface area (TPSA) is 73.0 Å². The van der Waals surface area contributed by atoms with Gasteiger partial charge in [0.05, 0.1) is 6.04 Å². The zero-order valence-electron chi connectivity index (χ0n) is 15.8. The van der Waals surface area contributed by atoms with E-state index in [0.717, 1.165) is 10.5 Å². The van der Waals surface area contributed by atoms with Gasteiger partial charge in [-0.3, -0.25) is 14.5 Å². The Morgan fingerprint density at radius 3 is 2.67 bits per heavy atom. The summed E-state index contributed by atoms with van der Waals surface area (Å²) in [6, 6.07) is 7.61. The quantitative estimate of drug-likeness (QED) is 0.794. The van der Waals surface area contributed by atoms with Gasteiger partial charge in [-0.1, -0.05) is 18.2 Å². The predicted molar refractivity (Wildman–Crippen MR) is 106 cm³/mol. The van der Waals surface area contributed by atoms with Gasteiger partial charge in [-0.05, 0) is 43.4 Å². The highest BCUT2D eigenvalue weighted by Gasteiger charge is 2.35. The lowest BCUT2D eigenvalue weighted by atomic mass is 10.0. The molecular weight excluding hydrogens is 364 g/mol. The zero-order valence-corrected chi connectivity index (χ0v) is 16.6. The number of thiophene rings is 1. The van der Waals surface area contributed by atoms with Crippen molar-refractivity contribution >= 4 is 39.3 Å². The third-order valence-electron chi connectivity index (χ3n) is 4.88. The minimum atomic E-state index is -0.761. The molecular formula is C19H24N4O3S. The van der Waals surface area contributed by atoms with Crippen LogP contribution in [-0.2, 0) is 9.59 Å². The molecule has 3 rings (SSSR count). The maximum Gasteiger partial charge on any atom is 0.324 e. The molecule has 0 saturated carbocycles. The largest absolute Gasteiger partial charge is 0.336 e. The smallest absolute Gasteiger partial charge is 0.324 e. The van der Waals surface area contributed by atoms with Gasteiger partial charge in [0.25, 0.3) is 0 Å². The Labute approximate surface area is 162 Å². The number of amides is 4. The van der Waals surface area contributed by atoms with Crippen molar-refractivity contribution in [1.29, 1.82) is 0 Å². The lowest BCUT2D eigenvalue weighted by molar-refractivity contribution is -0.153. The zero-order chi connectivity index (χ0) is 19.6. The molecule has 1 saturated heterocycles. The lowest BCUT2D eigenvalue weighted by Gasteiger charge is -2.32. The lowest BCUT2D eigenvalue weighted by Crippen LogP contribution is -2.58. The molecule has 2 aromatic rings. The van der Waals surface area contributed by atoms with Crippen LogP contribution in [0.4, 0.5) is 4.79 Å². The van der Waals surface area contributed by atoms with Gasteiger partial charge in [-0.2, -0.15) is 0 Å². The first-order valence-electron chi connectivity index (χ1n) is 8.95.